The Morgan fingerprint density at radius 1 is 1.29 bits per heavy atom. The zero-order chi connectivity index (χ0) is 11.0. The summed E-state index contributed by atoms with van der Waals surface area (Å²) in [5.41, 5.74) is -0.309. The molecule has 0 fully saturated rings. The summed E-state index contributed by atoms with van der Waals surface area (Å²) in [5.74, 6) is 2.54. The maximum Gasteiger partial charge on any atom is 0.509 e. The lowest BCUT2D eigenvalue weighted by Gasteiger charge is -2.14. The topological polar surface area (TPSA) is 44.8 Å². The minimum atomic E-state index is -0.711. The zero-order valence-corrected chi connectivity index (χ0v) is 9.05. The van der Waals surface area contributed by atoms with Gasteiger partial charge in [-0.1, -0.05) is 0 Å². The number of carbonyl (C=O) groups excluding carboxylic acids is 1. The van der Waals surface area contributed by atoms with Crippen LogP contribution in [0, 0.1) is 12.0 Å². The second kappa shape index (κ2) is 6.14. The molecular formula is C10H16O4. The molecule has 0 rings (SSSR count). The number of ether oxygens (including phenoxy) is 3. The molecule has 0 N–H and O–H groups in total. The van der Waals surface area contributed by atoms with E-state index in [0.717, 1.165) is 0 Å². The summed E-state index contributed by atoms with van der Waals surface area (Å²) in [6.07, 6.45) is 1.73. The molecule has 4 nitrogen and oxygen atoms in total. The van der Waals surface area contributed by atoms with Crippen molar-refractivity contribution in [1.29, 1.82) is 0 Å². The van der Waals surface area contributed by atoms with Crippen LogP contribution in [0.25, 0.3) is 0 Å². The van der Waals surface area contributed by atoms with Gasteiger partial charge in [-0.3, -0.25) is 0 Å². The molecule has 0 spiro atoms. The van der Waals surface area contributed by atoms with E-state index in [-0.39, 0.29) is 12.2 Å². The van der Waals surface area contributed by atoms with Crippen LogP contribution in [-0.2, 0) is 14.2 Å². The molecule has 0 unspecified atom stereocenters. The molecule has 0 saturated carbocycles. The highest BCUT2D eigenvalue weighted by Crippen LogP contribution is 2.04. The van der Waals surface area contributed by atoms with Crippen LogP contribution in [0.15, 0.2) is 0 Å². The fourth-order valence-electron chi connectivity index (χ4n) is 0.473. The highest BCUT2D eigenvalue weighted by molar-refractivity contribution is 5.59. The van der Waals surface area contributed by atoms with E-state index in [0.29, 0.717) is 6.61 Å². The van der Waals surface area contributed by atoms with E-state index in [1.54, 1.807) is 6.92 Å². The molecule has 80 valence electrons. The molecule has 0 aliphatic rings. The third kappa shape index (κ3) is 8.72. The standard InChI is InChI=1S/C10H16O4/c1-5-12-9(11)13-7-6-8-14-10(2,3)4/h5,7H2,1-4H3. The summed E-state index contributed by atoms with van der Waals surface area (Å²) in [4.78, 5) is 10.7. The molecule has 0 aromatic heterocycles. The Morgan fingerprint density at radius 2 is 1.93 bits per heavy atom. The lowest BCUT2D eigenvalue weighted by atomic mass is 10.2. The zero-order valence-electron chi connectivity index (χ0n) is 9.05. The third-order valence-corrected chi connectivity index (χ3v) is 0.954. The lowest BCUT2D eigenvalue weighted by Crippen LogP contribution is -2.15. The van der Waals surface area contributed by atoms with Crippen molar-refractivity contribution >= 4 is 6.16 Å². The molecule has 4 heteroatoms. The van der Waals surface area contributed by atoms with E-state index in [9.17, 15) is 4.79 Å². The maximum atomic E-state index is 10.7. The van der Waals surface area contributed by atoms with Crippen molar-refractivity contribution in [3.8, 4) is 12.0 Å². The number of hydrogen-bond acceptors (Lipinski definition) is 4. The third-order valence-electron chi connectivity index (χ3n) is 0.954. The van der Waals surface area contributed by atoms with Gasteiger partial charge in [-0.15, -0.1) is 0 Å². The fourth-order valence-corrected chi connectivity index (χ4v) is 0.473. The van der Waals surface area contributed by atoms with E-state index in [2.05, 4.69) is 21.5 Å². The van der Waals surface area contributed by atoms with Crippen LogP contribution in [0.5, 0.6) is 0 Å². The summed E-state index contributed by atoms with van der Waals surface area (Å²) in [6.45, 7) is 7.63. The number of hydrogen-bond donors (Lipinski definition) is 0. The molecule has 0 amide bonds. The molecule has 0 aromatic rings. The molecule has 0 atom stereocenters. The smallest absolute Gasteiger partial charge is 0.441 e. The van der Waals surface area contributed by atoms with Crippen LogP contribution in [0.3, 0.4) is 0 Å². The average molecular weight is 200 g/mol. The molecular weight excluding hydrogens is 184 g/mol. The highest BCUT2D eigenvalue weighted by Gasteiger charge is 2.07. The van der Waals surface area contributed by atoms with Crippen molar-refractivity contribution in [1.82, 2.24) is 0 Å². The van der Waals surface area contributed by atoms with Crippen LogP contribution in [0.1, 0.15) is 27.7 Å². The molecule has 0 bridgehead atoms. The molecule has 0 aliphatic carbocycles. The predicted octanol–water partition coefficient (Wildman–Crippen LogP) is 1.94. The normalized spacial score (nSPS) is 9.71. The lowest BCUT2D eigenvalue weighted by molar-refractivity contribution is 0.0678. The van der Waals surface area contributed by atoms with E-state index >= 15 is 0 Å². The van der Waals surface area contributed by atoms with Gasteiger partial charge in [-0.25, -0.2) is 4.79 Å². The maximum absolute atomic E-state index is 10.7. The largest absolute Gasteiger partial charge is 0.509 e. The van der Waals surface area contributed by atoms with Gasteiger partial charge < -0.3 is 14.2 Å². The van der Waals surface area contributed by atoms with E-state index in [1.165, 1.54) is 0 Å². The van der Waals surface area contributed by atoms with Crippen molar-refractivity contribution in [3.05, 3.63) is 0 Å². The first-order valence-corrected chi connectivity index (χ1v) is 4.41. The Labute approximate surface area is 84.5 Å². The van der Waals surface area contributed by atoms with Crippen LogP contribution in [0.4, 0.5) is 4.79 Å². The highest BCUT2D eigenvalue weighted by atomic mass is 16.7. The Balaban J connectivity index is 3.58. The van der Waals surface area contributed by atoms with Gasteiger partial charge in [-0.05, 0) is 33.6 Å². The Bertz CT molecular complexity index is 229. The second-order valence-corrected chi connectivity index (χ2v) is 3.46. The molecule has 0 aromatic carbocycles. The van der Waals surface area contributed by atoms with Gasteiger partial charge in [0.15, 0.2) is 6.61 Å². The molecule has 0 saturated heterocycles. The van der Waals surface area contributed by atoms with E-state index in [1.807, 2.05) is 20.8 Å². The first-order chi connectivity index (χ1) is 6.45. The average Bonchev–Trinajstić information content (AvgIpc) is 2.02. The molecule has 0 radical (unpaired) electrons. The summed E-state index contributed by atoms with van der Waals surface area (Å²) >= 11 is 0. The van der Waals surface area contributed by atoms with Gasteiger partial charge in [0.25, 0.3) is 0 Å². The van der Waals surface area contributed by atoms with Crippen molar-refractivity contribution in [2.45, 2.75) is 33.3 Å². The predicted molar refractivity (Wildman–Crippen MR) is 51.6 cm³/mol. The van der Waals surface area contributed by atoms with Gasteiger partial charge >= 0.3 is 6.16 Å². The summed E-state index contributed by atoms with van der Waals surface area (Å²) < 4.78 is 14.2. The fraction of sp³-hybridized carbons (Fsp3) is 0.700. The van der Waals surface area contributed by atoms with Crippen LogP contribution < -0.4 is 0 Å². The summed E-state index contributed by atoms with van der Waals surface area (Å²) in [6, 6.07) is 0. The molecule has 0 aliphatic heterocycles. The number of carbonyl (C=O) groups is 1. The minimum Gasteiger partial charge on any atom is -0.441 e. The SMILES string of the molecule is CCOC(=O)OCC#COC(C)(C)C. The van der Waals surface area contributed by atoms with Gasteiger partial charge in [0.05, 0.1) is 6.61 Å². The van der Waals surface area contributed by atoms with Crippen LogP contribution in [0.2, 0.25) is 0 Å². The van der Waals surface area contributed by atoms with Gasteiger partial charge in [0, 0.05) is 0 Å². The minimum absolute atomic E-state index is 0.0189. The van der Waals surface area contributed by atoms with Gasteiger partial charge in [-0.2, -0.15) is 0 Å². The second-order valence-electron chi connectivity index (χ2n) is 3.46. The van der Waals surface area contributed by atoms with E-state index < -0.39 is 6.16 Å². The Morgan fingerprint density at radius 3 is 2.43 bits per heavy atom. The quantitative estimate of drug-likeness (QED) is 0.504. The monoisotopic (exact) mass is 200 g/mol. The molecule has 14 heavy (non-hydrogen) atoms. The van der Waals surface area contributed by atoms with E-state index in [4.69, 9.17) is 4.74 Å². The van der Waals surface area contributed by atoms with Crippen LogP contribution >= 0.6 is 0 Å². The van der Waals surface area contributed by atoms with Crippen molar-refractivity contribution in [2.75, 3.05) is 13.2 Å². The Hall–Kier alpha value is -1.37. The van der Waals surface area contributed by atoms with Crippen LogP contribution in [-0.4, -0.2) is 25.0 Å². The van der Waals surface area contributed by atoms with Crippen molar-refractivity contribution < 1.29 is 19.0 Å². The first kappa shape index (κ1) is 12.6. The van der Waals surface area contributed by atoms with Crippen molar-refractivity contribution in [2.24, 2.45) is 0 Å². The van der Waals surface area contributed by atoms with Crippen molar-refractivity contribution in [3.63, 3.8) is 0 Å². The molecule has 0 heterocycles. The summed E-state index contributed by atoms with van der Waals surface area (Å²) in [5, 5.41) is 0. The summed E-state index contributed by atoms with van der Waals surface area (Å²) in [7, 11) is 0. The number of rotatable bonds is 2. The first-order valence-electron chi connectivity index (χ1n) is 4.41. The van der Waals surface area contributed by atoms with Gasteiger partial charge in [0.1, 0.15) is 11.7 Å². The van der Waals surface area contributed by atoms with Gasteiger partial charge in [0.2, 0.25) is 0 Å². The Kier molecular flexibility index (Phi) is 5.54.